The Morgan fingerprint density at radius 3 is 2.68 bits per heavy atom. The number of aromatic nitrogens is 4. The van der Waals surface area contributed by atoms with Crippen LogP contribution in [0, 0.1) is 11.3 Å². The van der Waals surface area contributed by atoms with Gasteiger partial charge >= 0.3 is 0 Å². The molecular weight excluding hydrogens is 432 g/mol. The van der Waals surface area contributed by atoms with Crippen molar-refractivity contribution in [3.8, 4) is 23.1 Å². The molecule has 154 valence electrons. The van der Waals surface area contributed by atoms with Crippen LogP contribution in [0.3, 0.4) is 0 Å². The van der Waals surface area contributed by atoms with Gasteiger partial charge in [-0.15, -0.1) is 10.2 Å². The molecule has 0 unspecified atom stereocenters. The standard InChI is InChI=1S/C22H17ClN6OS/c1-13(25)17(10-24)20(30)12-31-22-28-27-21(29(22)15-8-6-14(23)7-9-15)18-11-26-19-5-3-2-4-16(18)19/h2-9,11,26H,12,25H2,1H3. The summed E-state index contributed by atoms with van der Waals surface area (Å²) in [5.41, 5.74) is 8.48. The lowest BCUT2D eigenvalue weighted by atomic mass is 10.1. The van der Waals surface area contributed by atoms with Crippen molar-refractivity contribution >= 4 is 40.0 Å². The number of benzene rings is 2. The van der Waals surface area contributed by atoms with Gasteiger partial charge < -0.3 is 10.7 Å². The van der Waals surface area contributed by atoms with E-state index in [1.807, 2.05) is 53.2 Å². The topological polar surface area (TPSA) is 113 Å². The number of ketones is 1. The molecule has 2 heterocycles. The third-order valence-electron chi connectivity index (χ3n) is 4.67. The number of aromatic amines is 1. The zero-order chi connectivity index (χ0) is 22.0. The minimum absolute atomic E-state index is 0.0110. The Labute approximate surface area is 187 Å². The lowest BCUT2D eigenvalue weighted by Gasteiger charge is -2.10. The van der Waals surface area contributed by atoms with Crippen LogP contribution in [0.1, 0.15) is 6.92 Å². The summed E-state index contributed by atoms with van der Waals surface area (Å²) >= 11 is 7.27. The quantitative estimate of drug-likeness (QED) is 0.255. The van der Waals surface area contributed by atoms with Crippen molar-refractivity contribution in [3.05, 3.63) is 71.0 Å². The first-order chi connectivity index (χ1) is 15.0. The number of nitrogens with two attached hydrogens (primary N) is 1. The Hall–Kier alpha value is -3.54. The fourth-order valence-electron chi connectivity index (χ4n) is 3.19. The molecule has 2 aromatic carbocycles. The monoisotopic (exact) mass is 448 g/mol. The zero-order valence-corrected chi connectivity index (χ0v) is 18.0. The van der Waals surface area contributed by atoms with E-state index in [-0.39, 0.29) is 22.8 Å². The van der Waals surface area contributed by atoms with Crippen molar-refractivity contribution < 1.29 is 4.79 Å². The molecule has 0 atom stereocenters. The van der Waals surface area contributed by atoms with Gasteiger partial charge in [-0.25, -0.2) is 0 Å². The van der Waals surface area contributed by atoms with Crippen molar-refractivity contribution in [2.75, 3.05) is 5.75 Å². The van der Waals surface area contributed by atoms with Crippen molar-refractivity contribution in [2.24, 2.45) is 5.73 Å². The highest BCUT2D eigenvalue weighted by molar-refractivity contribution is 7.99. The van der Waals surface area contributed by atoms with Crippen LogP contribution < -0.4 is 5.73 Å². The van der Waals surface area contributed by atoms with Gasteiger partial charge in [0.25, 0.3) is 0 Å². The van der Waals surface area contributed by atoms with E-state index in [1.54, 1.807) is 12.1 Å². The second kappa shape index (κ2) is 8.68. The molecule has 0 aliphatic carbocycles. The first kappa shape index (κ1) is 20.7. The lowest BCUT2D eigenvalue weighted by molar-refractivity contribution is -0.112. The fraction of sp³-hybridized carbons (Fsp3) is 0.0909. The molecule has 4 rings (SSSR count). The molecule has 4 aromatic rings. The van der Waals surface area contributed by atoms with Crippen LogP contribution in [-0.2, 0) is 4.79 Å². The molecule has 2 aromatic heterocycles. The summed E-state index contributed by atoms with van der Waals surface area (Å²) in [5.74, 6) is 0.282. The summed E-state index contributed by atoms with van der Waals surface area (Å²) in [6.07, 6.45) is 1.88. The van der Waals surface area contributed by atoms with Crippen LogP contribution in [-0.4, -0.2) is 31.3 Å². The number of nitriles is 1. The van der Waals surface area contributed by atoms with Crippen LogP contribution >= 0.6 is 23.4 Å². The Kier molecular flexibility index (Phi) is 5.80. The first-order valence-electron chi connectivity index (χ1n) is 9.30. The SMILES string of the molecule is CC(N)=C(C#N)C(=O)CSc1nnc(-c2c[nH]c3ccccc23)n1-c1ccc(Cl)cc1. The normalized spacial score (nSPS) is 11.9. The van der Waals surface area contributed by atoms with E-state index in [4.69, 9.17) is 17.3 Å². The van der Waals surface area contributed by atoms with E-state index >= 15 is 0 Å². The second-order valence-electron chi connectivity index (χ2n) is 6.75. The highest BCUT2D eigenvalue weighted by Crippen LogP contribution is 2.32. The third kappa shape index (κ3) is 4.06. The molecule has 0 spiro atoms. The van der Waals surface area contributed by atoms with Crippen LogP contribution in [0.5, 0.6) is 0 Å². The van der Waals surface area contributed by atoms with Gasteiger partial charge in [-0.1, -0.05) is 41.6 Å². The Balaban J connectivity index is 1.78. The molecule has 7 nitrogen and oxygen atoms in total. The summed E-state index contributed by atoms with van der Waals surface area (Å²) in [6.45, 7) is 1.53. The number of carbonyl (C=O) groups excluding carboxylic acids is 1. The van der Waals surface area contributed by atoms with Crippen molar-refractivity contribution in [1.29, 1.82) is 5.26 Å². The number of halogens is 1. The van der Waals surface area contributed by atoms with Gasteiger partial charge in [-0.05, 0) is 37.3 Å². The molecule has 0 saturated carbocycles. The summed E-state index contributed by atoms with van der Waals surface area (Å²) in [7, 11) is 0. The Morgan fingerprint density at radius 2 is 1.97 bits per heavy atom. The number of Topliss-reactive ketones (excluding diaryl/α,β-unsaturated/α-hetero) is 1. The molecule has 3 N–H and O–H groups in total. The maximum absolute atomic E-state index is 12.4. The van der Waals surface area contributed by atoms with E-state index in [0.717, 1.165) is 22.2 Å². The first-order valence-corrected chi connectivity index (χ1v) is 10.7. The highest BCUT2D eigenvalue weighted by atomic mass is 35.5. The lowest BCUT2D eigenvalue weighted by Crippen LogP contribution is -2.11. The Morgan fingerprint density at radius 1 is 1.23 bits per heavy atom. The smallest absolute Gasteiger partial charge is 0.196 e. The molecule has 0 amide bonds. The number of hydrogen-bond donors (Lipinski definition) is 2. The number of thioether (sulfide) groups is 1. The molecule has 0 bridgehead atoms. The van der Waals surface area contributed by atoms with Crippen LogP contribution in [0.15, 0.2) is 71.2 Å². The van der Waals surface area contributed by atoms with Gasteiger partial charge in [0.05, 0.1) is 5.75 Å². The number of H-pyrrole nitrogens is 1. The summed E-state index contributed by atoms with van der Waals surface area (Å²) in [5, 5.41) is 20.1. The minimum atomic E-state index is -0.355. The number of hydrogen-bond acceptors (Lipinski definition) is 6. The highest BCUT2D eigenvalue weighted by Gasteiger charge is 2.21. The fourth-order valence-corrected chi connectivity index (χ4v) is 4.14. The molecular formula is C22H17ClN6OS. The number of nitrogens with one attached hydrogen (secondary N) is 1. The Bertz CT molecular complexity index is 1340. The summed E-state index contributed by atoms with van der Waals surface area (Å²) in [4.78, 5) is 15.7. The average Bonchev–Trinajstić information content (AvgIpc) is 3.37. The minimum Gasteiger partial charge on any atom is -0.401 e. The van der Waals surface area contributed by atoms with E-state index in [2.05, 4.69) is 15.2 Å². The van der Waals surface area contributed by atoms with Crippen LogP contribution in [0.2, 0.25) is 5.02 Å². The zero-order valence-electron chi connectivity index (χ0n) is 16.5. The van der Waals surface area contributed by atoms with Gasteiger partial charge in [-0.2, -0.15) is 5.26 Å². The van der Waals surface area contributed by atoms with Gasteiger partial charge in [0.1, 0.15) is 11.6 Å². The van der Waals surface area contributed by atoms with Gasteiger partial charge in [0.2, 0.25) is 0 Å². The number of rotatable bonds is 6. The number of nitrogens with zero attached hydrogens (tertiary/aromatic N) is 4. The van der Waals surface area contributed by atoms with Gasteiger partial charge in [0.15, 0.2) is 16.8 Å². The largest absolute Gasteiger partial charge is 0.401 e. The predicted octanol–water partition coefficient (Wildman–Crippen LogP) is 4.49. The molecule has 0 aliphatic heterocycles. The number of allylic oxidation sites excluding steroid dienone is 2. The molecule has 0 radical (unpaired) electrons. The third-order valence-corrected chi connectivity index (χ3v) is 5.85. The van der Waals surface area contributed by atoms with Crippen LogP contribution in [0.4, 0.5) is 0 Å². The van der Waals surface area contributed by atoms with E-state index in [1.165, 1.54) is 18.7 Å². The van der Waals surface area contributed by atoms with E-state index in [9.17, 15) is 10.1 Å². The van der Waals surface area contributed by atoms with E-state index in [0.29, 0.717) is 16.0 Å². The summed E-state index contributed by atoms with van der Waals surface area (Å²) < 4.78 is 1.87. The summed E-state index contributed by atoms with van der Waals surface area (Å²) in [6, 6.07) is 17.1. The second-order valence-corrected chi connectivity index (χ2v) is 8.13. The van der Waals surface area contributed by atoms with E-state index < -0.39 is 0 Å². The maximum Gasteiger partial charge on any atom is 0.196 e. The van der Waals surface area contributed by atoms with Crippen molar-refractivity contribution in [3.63, 3.8) is 0 Å². The van der Waals surface area contributed by atoms with Crippen molar-refractivity contribution in [2.45, 2.75) is 12.1 Å². The molecule has 0 saturated heterocycles. The predicted molar refractivity (Wildman–Crippen MR) is 122 cm³/mol. The molecule has 0 aliphatic rings. The van der Waals surface area contributed by atoms with Gasteiger partial charge in [-0.3, -0.25) is 9.36 Å². The van der Waals surface area contributed by atoms with Gasteiger partial charge in [0, 0.05) is 39.1 Å². The van der Waals surface area contributed by atoms with Crippen molar-refractivity contribution in [1.82, 2.24) is 19.7 Å². The molecule has 9 heteroatoms. The molecule has 31 heavy (non-hydrogen) atoms. The molecule has 0 fully saturated rings. The number of carbonyl (C=O) groups is 1. The van der Waals surface area contributed by atoms with Crippen LogP contribution in [0.25, 0.3) is 28.0 Å². The maximum atomic E-state index is 12.4. The number of para-hydroxylation sites is 1. The average molecular weight is 449 g/mol. The number of fused-ring (bicyclic) bond motifs is 1.